The molecule has 4 aliphatic heterocycles. The highest BCUT2D eigenvalue weighted by atomic mass is 16.7. The number of nitrogens with zero attached hydrogens (tertiary/aromatic N) is 6. The second-order valence-corrected chi connectivity index (χ2v) is 16.0. The number of nitriles is 1. The van der Waals surface area contributed by atoms with E-state index in [0.717, 1.165) is 12.0 Å². The third kappa shape index (κ3) is 9.33. The van der Waals surface area contributed by atoms with E-state index in [9.17, 15) is 34.5 Å². The zero-order valence-electron chi connectivity index (χ0n) is 34.4. The van der Waals surface area contributed by atoms with Crippen LogP contribution in [0.4, 0.5) is 16.3 Å². The minimum Gasteiger partial charge on any atom is -0.394 e. The predicted octanol–water partition coefficient (Wildman–Crippen LogP) is 0.0308. The van der Waals surface area contributed by atoms with Crippen molar-refractivity contribution in [3.05, 3.63) is 48.4 Å². The van der Waals surface area contributed by atoms with Gasteiger partial charge in [0.25, 0.3) is 5.91 Å². The Morgan fingerprint density at radius 1 is 1.08 bits per heavy atom. The summed E-state index contributed by atoms with van der Waals surface area (Å²) in [6.07, 6.45) is -5.02. The van der Waals surface area contributed by atoms with Crippen molar-refractivity contribution < 1.29 is 53.4 Å². The number of fused-ring (bicyclic) bond motifs is 2. The molecular weight excluding hydrogens is 795 g/mol. The summed E-state index contributed by atoms with van der Waals surface area (Å²) in [5.74, 6) is -0.238. The van der Waals surface area contributed by atoms with Gasteiger partial charge in [-0.1, -0.05) is 26.0 Å². The molecule has 0 bridgehead atoms. The predicted molar refractivity (Wildman–Crippen MR) is 216 cm³/mol. The Labute approximate surface area is 352 Å². The molecule has 20 heteroatoms. The SMILES string of the molecule is CCC1OC(CO)C(O)C(OC2OC(C(=O)NCCc3cccc(NC(=O)n4ccc5c(N(C)[C@H]6CN(C(=O)CC#N)CC[C@H]6C)ncnc54)c3)C3OC3C2O)C1NC(C)=O. The van der Waals surface area contributed by atoms with Gasteiger partial charge in [-0.3, -0.25) is 19.0 Å². The van der Waals surface area contributed by atoms with E-state index in [1.54, 1.807) is 35.4 Å². The van der Waals surface area contributed by atoms with E-state index >= 15 is 0 Å². The lowest BCUT2D eigenvalue weighted by Gasteiger charge is -2.46. The Bertz CT molecular complexity index is 2130. The molecule has 6 N–H and O–H groups in total. The van der Waals surface area contributed by atoms with Crippen LogP contribution in [0, 0.1) is 17.2 Å². The van der Waals surface area contributed by atoms with Crippen LogP contribution in [-0.2, 0) is 39.8 Å². The van der Waals surface area contributed by atoms with Crippen molar-refractivity contribution >= 4 is 46.3 Å². The third-order valence-corrected chi connectivity index (χ3v) is 12.0. The second-order valence-electron chi connectivity index (χ2n) is 16.0. The van der Waals surface area contributed by atoms with E-state index in [0.29, 0.717) is 48.5 Å². The van der Waals surface area contributed by atoms with E-state index in [4.69, 9.17) is 24.2 Å². The van der Waals surface area contributed by atoms with Crippen LogP contribution in [0.5, 0.6) is 0 Å². The molecule has 3 aromatic rings. The van der Waals surface area contributed by atoms with E-state index in [1.165, 1.54) is 17.8 Å². The van der Waals surface area contributed by atoms with Gasteiger partial charge in [-0.15, -0.1) is 0 Å². The Kier molecular flexibility index (Phi) is 13.5. The molecule has 6 heterocycles. The number of likely N-dealkylation sites (tertiary alicyclic amines) is 1. The molecule has 0 saturated carbocycles. The first-order chi connectivity index (χ1) is 29.3. The van der Waals surface area contributed by atoms with Gasteiger partial charge in [-0.25, -0.2) is 14.8 Å². The van der Waals surface area contributed by atoms with Crippen LogP contribution < -0.4 is 20.9 Å². The third-order valence-electron chi connectivity index (χ3n) is 12.0. The molecule has 4 saturated heterocycles. The fraction of sp³-hybridized carbons (Fsp3) is 0.585. The number of piperidine rings is 1. The summed E-state index contributed by atoms with van der Waals surface area (Å²) in [5, 5.41) is 50.0. The van der Waals surface area contributed by atoms with Crippen LogP contribution in [0.3, 0.4) is 0 Å². The maximum atomic E-state index is 13.6. The van der Waals surface area contributed by atoms with Crippen molar-refractivity contribution in [2.75, 3.05) is 43.5 Å². The molecule has 0 radical (unpaired) electrons. The van der Waals surface area contributed by atoms with Crippen molar-refractivity contribution in [2.24, 2.45) is 5.92 Å². The normalized spacial score (nSPS) is 30.8. The van der Waals surface area contributed by atoms with Gasteiger partial charge in [0.05, 0.1) is 36.2 Å². The summed E-state index contributed by atoms with van der Waals surface area (Å²) in [4.78, 5) is 64.3. The van der Waals surface area contributed by atoms with Crippen LogP contribution in [0.25, 0.3) is 11.0 Å². The Morgan fingerprint density at radius 2 is 1.89 bits per heavy atom. The number of carbonyl (C=O) groups excluding carboxylic acids is 4. The number of epoxide rings is 1. The number of nitrogens with one attached hydrogen (secondary N) is 3. The van der Waals surface area contributed by atoms with Crippen molar-refractivity contribution in [3.63, 3.8) is 0 Å². The first-order valence-electron chi connectivity index (χ1n) is 20.6. The Balaban J connectivity index is 0.953. The van der Waals surface area contributed by atoms with Gasteiger partial charge in [0, 0.05) is 45.5 Å². The van der Waals surface area contributed by atoms with E-state index in [1.807, 2.05) is 31.0 Å². The largest absolute Gasteiger partial charge is 0.394 e. The lowest BCUT2D eigenvalue weighted by atomic mass is 9.91. The van der Waals surface area contributed by atoms with Gasteiger partial charge in [0.1, 0.15) is 55.2 Å². The molecule has 0 spiro atoms. The average molecular weight is 848 g/mol. The van der Waals surface area contributed by atoms with Crippen molar-refractivity contribution in [3.8, 4) is 6.07 Å². The van der Waals surface area contributed by atoms with Crippen LogP contribution in [0.1, 0.15) is 45.6 Å². The number of rotatable bonds is 13. The zero-order chi connectivity index (χ0) is 43.5. The van der Waals surface area contributed by atoms with E-state index in [2.05, 4.69) is 32.8 Å². The topological polar surface area (TPSA) is 266 Å². The molecule has 4 fully saturated rings. The quantitative estimate of drug-likeness (QED) is 0.124. The molecule has 4 amide bonds. The highest BCUT2D eigenvalue weighted by Crippen LogP contribution is 2.39. The van der Waals surface area contributed by atoms with Gasteiger partial charge in [0.15, 0.2) is 18.0 Å². The van der Waals surface area contributed by atoms with Crippen molar-refractivity contribution in [1.29, 1.82) is 5.26 Å². The van der Waals surface area contributed by atoms with Gasteiger partial charge < -0.3 is 60.0 Å². The fourth-order valence-electron chi connectivity index (χ4n) is 8.61. The number of benzene rings is 1. The van der Waals surface area contributed by atoms with Crippen LogP contribution in [0.2, 0.25) is 0 Å². The summed E-state index contributed by atoms with van der Waals surface area (Å²) in [6, 6.07) is 9.53. The van der Waals surface area contributed by atoms with E-state index < -0.39 is 85.6 Å². The maximum absolute atomic E-state index is 13.6. The maximum Gasteiger partial charge on any atom is 0.331 e. The van der Waals surface area contributed by atoms with Crippen LogP contribution in [0.15, 0.2) is 42.9 Å². The summed E-state index contributed by atoms with van der Waals surface area (Å²) >= 11 is 0. The first kappa shape index (κ1) is 43.8. The number of hydrogen-bond donors (Lipinski definition) is 6. The lowest BCUT2D eigenvalue weighted by molar-refractivity contribution is -0.289. The molecular formula is C41H53N9O11. The summed E-state index contributed by atoms with van der Waals surface area (Å²) in [7, 11) is 1.90. The molecule has 12 atom stereocenters. The zero-order valence-corrected chi connectivity index (χ0v) is 34.4. The smallest absolute Gasteiger partial charge is 0.331 e. The second kappa shape index (κ2) is 18.8. The minimum atomic E-state index is -1.40. The number of likely N-dealkylation sites (N-methyl/N-ethyl adjacent to an activating group) is 1. The molecule has 328 valence electrons. The number of hydrogen-bond acceptors (Lipinski definition) is 15. The molecule has 10 unspecified atom stereocenters. The fourth-order valence-corrected chi connectivity index (χ4v) is 8.61. The summed E-state index contributed by atoms with van der Waals surface area (Å²) < 4.78 is 24.8. The number of aromatic nitrogens is 3. The molecule has 0 aliphatic carbocycles. The van der Waals surface area contributed by atoms with Gasteiger partial charge in [0.2, 0.25) is 11.8 Å². The van der Waals surface area contributed by atoms with Gasteiger partial charge in [-0.2, -0.15) is 5.26 Å². The van der Waals surface area contributed by atoms with Gasteiger partial charge >= 0.3 is 6.03 Å². The number of ether oxygens (including phenoxy) is 4. The van der Waals surface area contributed by atoms with Crippen LogP contribution in [-0.4, -0.2) is 159 Å². The number of anilines is 2. The molecule has 61 heavy (non-hydrogen) atoms. The average Bonchev–Trinajstić information content (AvgIpc) is 3.93. The number of aliphatic hydroxyl groups is 3. The number of carbonyl (C=O) groups is 4. The minimum absolute atomic E-state index is 0.0652. The molecule has 7 rings (SSSR count). The summed E-state index contributed by atoms with van der Waals surface area (Å²) in [5.41, 5.74) is 1.73. The Morgan fingerprint density at radius 3 is 2.62 bits per heavy atom. The molecule has 4 aliphatic rings. The standard InChI is InChI=1S/C41H53N9O11/c1-5-27-30(46-22(3)52)33(31(54)28(19-51)58-27)60-40-32(55)34-35(59-34)36(61-40)39(56)43-14-10-23-7-6-8-24(17-23)47-41(57)50-16-12-25-37(44-20-45-38(25)50)48(4)26-18-49(15-11-21(26)2)29(53)9-13-42/h6-8,12,16-17,20-21,26-28,30-36,40,51,54-55H,5,9-11,14-15,18-19H2,1-4H3,(H,43,56)(H,46,52)(H,47,57)/t21-,26+,27?,28?,30?,31?,32?,33?,34?,35?,36?,40?/m1/s1. The van der Waals surface area contributed by atoms with E-state index in [-0.39, 0.29) is 30.8 Å². The number of amides is 4. The van der Waals surface area contributed by atoms with Crippen LogP contribution >= 0.6 is 0 Å². The molecule has 2 aromatic heterocycles. The van der Waals surface area contributed by atoms with Crippen molar-refractivity contribution in [2.45, 2.75) is 114 Å². The monoisotopic (exact) mass is 847 g/mol. The van der Waals surface area contributed by atoms with Gasteiger partial charge in [-0.05, 0) is 48.9 Å². The molecule has 20 nitrogen and oxygen atoms in total. The summed E-state index contributed by atoms with van der Waals surface area (Å²) in [6.45, 7) is 5.98. The first-order valence-corrected chi connectivity index (χ1v) is 20.6. The van der Waals surface area contributed by atoms with Crippen molar-refractivity contribution in [1.82, 2.24) is 30.1 Å². The highest BCUT2D eigenvalue weighted by Gasteiger charge is 2.61. The Hall–Kier alpha value is -5.27. The molecule has 1 aromatic carbocycles. The highest BCUT2D eigenvalue weighted by molar-refractivity contribution is 6.00. The lowest BCUT2D eigenvalue weighted by Crippen LogP contribution is -2.66. The number of aliphatic hydroxyl groups excluding tert-OH is 3.